The van der Waals surface area contributed by atoms with E-state index in [-0.39, 0.29) is 5.91 Å². The van der Waals surface area contributed by atoms with Crippen LogP contribution >= 0.6 is 34.5 Å². The highest BCUT2D eigenvalue weighted by molar-refractivity contribution is 7.11. The second-order valence-electron chi connectivity index (χ2n) is 2.83. The number of hydrogen-bond acceptors (Lipinski definition) is 4. The summed E-state index contributed by atoms with van der Waals surface area (Å²) in [6.45, 7) is 0. The van der Waals surface area contributed by atoms with Crippen LogP contribution < -0.4 is 5.32 Å². The molecule has 0 saturated heterocycles. The van der Waals surface area contributed by atoms with Gasteiger partial charge in [-0.05, 0) is 18.2 Å². The lowest BCUT2D eigenvalue weighted by molar-refractivity contribution is 0.102. The summed E-state index contributed by atoms with van der Waals surface area (Å²) in [5.74, 6) is -0.319. The Balaban J connectivity index is 2.15. The smallest absolute Gasteiger partial charge is 0.286 e. The van der Waals surface area contributed by atoms with Crippen molar-refractivity contribution in [3.63, 3.8) is 0 Å². The zero-order valence-electron chi connectivity index (χ0n) is 7.78. The molecule has 1 aromatic carbocycles. The second-order valence-corrected chi connectivity index (χ2v) is 4.47. The lowest BCUT2D eigenvalue weighted by Gasteiger charge is -2.03. The molecule has 0 spiro atoms. The van der Waals surface area contributed by atoms with Gasteiger partial charge in [0.2, 0.25) is 5.01 Å². The molecular weight excluding hydrogens is 269 g/mol. The molecule has 0 fully saturated rings. The van der Waals surface area contributed by atoms with E-state index in [4.69, 9.17) is 23.2 Å². The van der Waals surface area contributed by atoms with E-state index in [9.17, 15) is 4.79 Å². The van der Waals surface area contributed by atoms with E-state index < -0.39 is 0 Å². The van der Waals surface area contributed by atoms with Crippen LogP contribution in [0.4, 0.5) is 5.69 Å². The highest BCUT2D eigenvalue weighted by atomic mass is 35.5. The Kier molecular flexibility index (Phi) is 3.38. The van der Waals surface area contributed by atoms with Gasteiger partial charge in [0, 0.05) is 5.69 Å². The number of carbonyl (C=O) groups excluding carboxylic acids is 1. The molecule has 0 aliphatic heterocycles. The number of benzene rings is 1. The minimum atomic E-state index is -0.319. The van der Waals surface area contributed by atoms with E-state index >= 15 is 0 Å². The predicted molar refractivity (Wildman–Crippen MR) is 64.3 cm³/mol. The molecule has 1 aromatic heterocycles. The Labute approximate surface area is 105 Å². The van der Waals surface area contributed by atoms with Gasteiger partial charge in [-0.2, -0.15) is 0 Å². The molecule has 2 rings (SSSR count). The van der Waals surface area contributed by atoms with Crippen LogP contribution in [-0.2, 0) is 0 Å². The van der Waals surface area contributed by atoms with Crippen LogP contribution in [0.2, 0.25) is 10.0 Å². The van der Waals surface area contributed by atoms with Crippen molar-refractivity contribution < 1.29 is 4.79 Å². The highest BCUT2D eigenvalue weighted by Gasteiger charge is 2.10. The number of nitrogens with zero attached hydrogens (tertiary/aromatic N) is 2. The summed E-state index contributed by atoms with van der Waals surface area (Å²) in [7, 11) is 0. The predicted octanol–water partition coefficient (Wildman–Crippen LogP) is 3.10. The van der Waals surface area contributed by atoms with Crippen molar-refractivity contribution in [1.82, 2.24) is 10.2 Å². The minimum Gasteiger partial charge on any atom is -0.320 e. The molecule has 1 N–H and O–H groups in total. The van der Waals surface area contributed by atoms with E-state index in [1.54, 1.807) is 18.2 Å². The van der Waals surface area contributed by atoms with E-state index in [1.807, 2.05) is 0 Å². The van der Waals surface area contributed by atoms with Crippen molar-refractivity contribution >= 4 is 46.1 Å². The summed E-state index contributed by atoms with van der Waals surface area (Å²) in [6, 6.07) is 4.84. The average molecular weight is 274 g/mol. The Bertz CT molecular complexity index is 515. The molecule has 1 heterocycles. The number of amides is 1. The molecule has 0 bridgehead atoms. The SMILES string of the molecule is O=C(Nc1ccc(Cl)c(Cl)c1)c1nncs1. The van der Waals surface area contributed by atoms with E-state index in [2.05, 4.69) is 15.5 Å². The summed E-state index contributed by atoms with van der Waals surface area (Å²) in [5, 5.41) is 11.0. The lowest BCUT2D eigenvalue weighted by atomic mass is 10.3. The maximum Gasteiger partial charge on any atom is 0.286 e. The van der Waals surface area contributed by atoms with Gasteiger partial charge < -0.3 is 5.32 Å². The van der Waals surface area contributed by atoms with Crippen LogP contribution in [0.1, 0.15) is 9.80 Å². The molecule has 0 unspecified atom stereocenters. The number of hydrogen-bond donors (Lipinski definition) is 1. The first-order valence-electron chi connectivity index (χ1n) is 4.19. The fraction of sp³-hybridized carbons (Fsp3) is 0. The van der Waals surface area contributed by atoms with Gasteiger partial charge in [0.1, 0.15) is 5.51 Å². The van der Waals surface area contributed by atoms with Gasteiger partial charge in [-0.1, -0.05) is 34.5 Å². The fourth-order valence-corrected chi connectivity index (χ4v) is 1.78. The number of nitrogens with one attached hydrogen (secondary N) is 1. The molecule has 4 nitrogen and oxygen atoms in total. The number of carbonyl (C=O) groups is 1. The summed E-state index contributed by atoms with van der Waals surface area (Å²) in [5.41, 5.74) is 2.05. The Morgan fingerprint density at radius 3 is 2.75 bits per heavy atom. The van der Waals surface area contributed by atoms with Gasteiger partial charge in [0.05, 0.1) is 10.0 Å². The molecule has 82 valence electrons. The number of aromatic nitrogens is 2. The average Bonchev–Trinajstić information content (AvgIpc) is 2.77. The lowest BCUT2D eigenvalue weighted by Crippen LogP contribution is -2.11. The molecule has 0 aliphatic carbocycles. The van der Waals surface area contributed by atoms with Crippen LogP contribution in [0.25, 0.3) is 0 Å². The van der Waals surface area contributed by atoms with Crippen LogP contribution in [-0.4, -0.2) is 16.1 Å². The quantitative estimate of drug-likeness (QED) is 0.915. The summed E-state index contributed by atoms with van der Waals surface area (Å²) in [4.78, 5) is 11.6. The van der Waals surface area contributed by atoms with E-state index in [0.717, 1.165) is 11.3 Å². The summed E-state index contributed by atoms with van der Waals surface area (Å²) >= 11 is 12.7. The number of anilines is 1. The Morgan fingerprint density at radius 2 is 2.12 bits per heavy atom. The van der Waals surface area contributed by atoms with Gasteiger partial charge in [-0.15, -0.1) is 10.2 Å². The molecule has 16 heavy (non-hydrogen) atoms. The molecule has 0 aliphatic rings. The third-order valence-corrected chi connectivity index (χ3v) is 3.16. The first-order valence-corrected chi connectivity index (χ1v) is 5.83. The second kappa shape index (κ2) is 4.78. The van der Waals surface area contributed by atoms with Gasteiger partial charge in [0.15, 0.2) is 0 Å². The van der Waals surface area contributed by atoms with Crippen molar-refractivity contribution in [2.75, 3.05) is 5.32 Å². The van der Waals surface area contributed by atoms with E-state index in [0.29, 0.717) is 20.7 Å². The van der Waals surface area contributed by atoms with Gasteiger partial charge in [-0.25, -0.2) is 0 Å². The highest BCUT2D eigenvalue weighted by Crippen LogP contribution is 2.25. The normalized spacial score (nSPS) is 10.1. The van der Waals surface area contributed by atoms with E-state index in [1.165, 1.54) is 5.51 Å². The summed E-state index contributed by atoms with van der Waals surface area (Å²) in [6.07, 6.45) is 0. The van der Waals surface area contributed by atoms with Crippen molar-refractivity contribution in [2.45, 2.75) is 0 Å². The van der Waals surface area contributed by atoms with Crippen LogP contribution in [0.3, 0.4) is 0 Å². The maximum absolute atomic E-state index is 11.6. The maximum atomic E-state index is 11.6. The Morgan fingerprint density at radius 1 is 1.31 bits per heavy atom. The van der Waals surface area contributed by atoms with Gasteiger partial charge >= 0.3 is 0 Å². The van der Waals surface area contributed by atoms with Crippen LogP contribution in [0.15, 0.2) is 23.7 Å². The van der Waals surface area contributed by atoms with Crippen molar-refractivity contribution in [3.05, 3.63) is 38.8 Å². The first kappa shape index (κ1) is 11.3. The fourth-order valence-electron chi connectivity index (χ4n) is 1.03. The minimum absolute atomic E-state index is 0.297. The zero-order chi connectivity index (χ0) is 11.5. The van der Waals surface area contributed by atoms with Crippen LogP contribution in [0.5, 0.6) is 0 Å². The molecular formula is C9H5Cl2N3OS. The Hall–Kier alpha value is -1.17. The molecule has 2 aromatic rings. The van der Waals surface area contributed by atoms with Crippen molar-refractivity contribution in [2.24, 2.45) is 0 Å². The van der Waals surface area contributed by atoms with Gasteiger partial charge in [0.25, 0.3) is 5.91 Å². The third-order valence-electron chi connectivity index (χ3n) is 1.73. The summed E-state index contributed by atoms with van der Waals surface area (Å²) < 4.78 is 0. The molecule has 7 heteroatoms. The van der Waals surface area contributed by atoms with Crippen molar-refractivity contribution in [3.8, 4) is 0 Å². The zero-order valence-corrected chi connectivity index (χ0v) is 10.1. The van der Waals surface area contributed by atoms with Crippen LogP contribution in [0, 0.1) is 0 Å². The van der Waals surface area contributed by atoms with Crippen molar-refractivity contribution in [1.29, 1.82) is 0 Å². The molecule has 1 amide bonds. The molecule has 0 saturated carbocycles. The standard InChI is InChI=1S/C9H5Cl2N3OS/c10-6-2-1-5(3-7(6)11)13-8(15)9-14-12-4-16-9/h1-4H,(H,13,15). The van der Waals surface area contributed by atoms with Gasteiger partial charge in [-0.3, -0.25) is 4.79 Å². The molecule has 0 radical (unpaired) electrons. The third kappa shape index (κ3) is 2.49. The number of halogens is 2. The first-order chi connectivity index (χ1) is 7.66. The topological polar surface area (TPSA) is 54.9 Å². The monoisotopic (exact) mass is 273 g/mol. The number of rotatable bonds is 2. The molecule has 0 atom stereocenters. The largest absolute Gasteiger partial charge is 0.320 e.